The number of hydrogen-bond donors (Lipinski definition) is 1. The number of carbonyl (C=O) groups excluding carboxylic acids is 1. The Morgan fingerprint density at radius 1 is 1.43 bits per heavy atom. The largest absolute Gasteiger partial charge is 0.508 e. The van der Waals surface area contributed by atoms with E-state index >= 15 is 0 Å². The Bertz CT molecular complexity index is 382. The van der Waals surface area contributed by atoms with Gasteiger partial charge in [-0.3, -0.25) is 4.79 Å². The molecule has 0 aliphatic carbocycles. The molecule has 74 valence electrons. The minimum Gasteiger partial charge on any atom is -0.508 e. The Balaban J connectivity index is 2.58. The van der Waals surface area contributed by atoms with E-state index in [2.05, 4.69) is 0 Å². The van der Waals surface area contributed by atoms with Gasteiger partial charge in [-0.2, -0.15) is 0 Å². The van der Waals surface area contributed by atoms with E-state index in [9.17, 15) is 9.90 Å². The number of rotatable bonds is 0. The monoisotopic (exact) mass is 192 g/mol. The molecule has 0 bridgehead atoms. The van der Waals surface area contributed by atoms with Crippen LogP contribution in [0.3, 0.4) is 0 Å². The van der Waals surface area contributed by atoms with Crippen LogP contribution < -0.4 is 4.74 Å². The lowest BCUT2D eigenvalue weighted by molar-refractivity contribution is 0.0983. The summed E-state index contributed by atoms with van der Waals surface area (Å²) >= 11 is 0. The fourth-order valence-corrected chi connectivity index (χ4v) is 1.63. The van der Waals surface area contributed by atoms with Crippen LogP contribution in [0.25, 0.3) is 0 Å². The number of carbonyl (C=O) groups is 1. The molecule has 1 aliphatic rings. The second-order valence-corrected chi connectivity index (χ2v) is 3.46. The van der Waals surface area contributed by atoms with Gasteiger partial charge in [0.1, 0.15) is 11.5 Å². The maximum absolute atomic E-state index is 11.6. The summed E-state index contributed by atoms with van der Waals surface area (Å²) in [5, 5.41) is 9.46. The predicted octanol–water partition coefficient (Wildman–Crippen LogP) is 2.06. The summed E-state index contributed by atoms with van der Waals surface area (Å²) in [6.45, 7) is 2.30. The number of phenolic OH excluding ortho intramolecular Hbond substituents is 1. The van der Waals surface area contributed by atoms with Crippen molar-refractivity contribution in [3.8, 4) is 11.5 Å². The SMILES string of the molecule is Cc1c(O)ccc2c1OCCCC2=O. The zero-order valence-corrected chi connectivity index (χ0v) is 8.04. The van der Waals surface area contributed by atoms with E-state index in [0.717, 1.165) is 6.42 Å². The third-order valence-corrected chi connectivity index (χ3v) is 2.47. The van der Waals surface area contributed by atoms with E-state index in [0.29, 0.717) is 29.9 Å². The molecule has 14 heavy (non-hydrogen) atoms. The van der Waals surface area contributed by atoms with Crippen LogP contribution in [-0.2, 0) is 0 Å². The lowest BCUT2D eigenvalue weighted by Crippen LogP contribution is -1.99. The van der Waals surface area contributed by atoms with Crippen LogP contribution >= 0.6 is 0 Å². The fraction of sp³-hybridized carbons (Fsp3) is 0.364. The Kier molecular flexibility index (Phi) is 2.15. The molecule has 1 aromatic carbocycles. The first-order valence-electron chi connectivity index (χ1n) is 4.68. The zero-order chi connectivity index (χ0) is 10.1. The molecule has 0 saturated heterocycles. The quantitative estimate of drug-likeness (QED) is 0.684. The van der Waals surface area contributed by atoms with E-state index in [1.807, 2.05) is 0 Å². The Morgan fingerprint density at radius 2 is 2.21 bits per heavy atom. The van der Waals surface area contributed by atoms with Crippen LogP contribution in [0.2, 0.25) is 0 Å². The molecule has 0 radical (unpaired) electrons. The van der Waals surface area contributed by atoms with Crippen molar-refractivity contribution < 1.29 is 14.6 Å². The summed E-state index contributed by atoms with van der Waals surface area (Å²) in [5.74, 6) is 0.826. The minimum atomic E-state index is 0.0978. The highest BCUT2D eigenvalue weighted by molar-refractivity contribution is 5.99. The molecule has 0 amide bonds. The molecule has 1 aromatic rings. The molecule has 0 atom stereocenters. The molecule has 1 aliphatic heterocycles. The fourth-order valence-electron chi connectivity index (χ4n) is 1.63. The third-order valence-electron chi connectivity index (χ3n) is 2.47. The Hall–Kier alpha value is -1.51. The molecule has 1 heterocycles. The maximum atomic E-state index is 11.6. The van der Waals surface area contributed by atoms with Crippen molar-refractivity contribution >= 4 is 5.78 Å². The molecule has 0 fully saturated rings. The average molecular weight is 192 g/mol. The molecular weight excluding hydrogens is 180 g/mol. The second kappa shape index (κ2) is 3.33. The van der Waals surface area contributed by atoms with Crippen LogP contribution in [0, 0.1) is 6.92 Å². The summed E-state index contributed by atoms with van der Waals surface area (Å²) in [6.07, 6.45) is 1.27. The van der Waals surface area contributed by atoms with Crippen molar-refractivity contribution in [1.82, 2.24) is 0 Å². The van der Waals surface area contributed by atoms with Gasteiger partial charge in [0.25, 0.3) is 0 Å². The Labute approximate surface area is 82.3 Å². The zero-order valence-electron chi connectivity index (χ0n) is 8.04. The van der Waals surface area contributed by atoms with Gasteiger partial charge >= 0.3 is 0 Å². The highest BCUT2D eigenvalue weighted by Gasteiger charge is 2.19. The number of fused-ring (bicyclic) bond motifs is 1. The number of ether oxygens (including phenoxy) is 1. The number of phenols is 1. The van der Waals surface area contributed by atoms with Crippen molar-refractivity contribution in [2.75, 3.05) is 6.61 Å². The van der Waals surface area contributed by atoms with Crippen molar-refractivity contribution in [2.45, 2.75) is 19.8 Å². The lowest BCUT2D eigenvalue weighted by Gasteiger charge is -2.10. The van der Waals surface area contributed by atoms with Gasteiger partial charge < -0.3 is 9.84 Å². The average Bonchev–Trinajstić information content (AvgIpc) is 2.35. The van der Waals surface area contributed by atoms with Gasteiger partial charge in [-0.1, -0.05) is 0 Å². The molecule has 0 aromatic heterocycles. The molecule has 0 saturated carbocycles. The van der Waals surface area contributed by atoms with Crippen LogP contribution in [-0.4, -0.2) is 17.5 Å². The highest BCUT2D eigenvalue weighted by atomic mass is 16.5. The standard InChI is InChI=1S/C11H12O3/c1-7-9(12)5-4-8-10(13)3-2-6-14-11(7)8/h4-5,12H,2-3,6H2,1H3. The van der Waals surface area contributed by atoms with Gasteiger partial charge in [0.2, 0.25) is 0 Å². The number of ketones is 1. The normalized spacial score (nSPS) is 15.6. The predicted molar refractivity (Wildman–Crippen MR) is 51.9 cm³/mol. The van der Waals surface area contributed by atoms with E-state index in [1.54, 1.807) is 19.1 Å². The summed E-state index contributed by atoms with van der Waals surface area (Å²) in [5.41, 5.74) is 1.25. The van der Waals surface area contributed by atoms with E-state index < -0.39 is 0 Å². The first kappa shape index (κ1) is 9.06. The van der Waals surface area contributed by atoms with Gasteiger partial charge in [0, 0.05) is 12.0 Å². The highest BCUT2D eigenvalue weighted by Crippen LogP contribution is 2.33. The summed E-state index contributed by atoms with van der Waals surface area (Å²) in [6, 6.07) is 3.17. The molecule has 2 rings (SSSR count). The van der Waals surface area contributed by atoms with Crippen LogP contribution in [0.4, 0.5) is 0 Å². The first-order valence-corrected chi connectivity index (χ1v) is 4.68. The van der Waals surface area contributed by atoms with Crippen molar-refractivity contribution in [1.29, 1.82) is 0 Å². The van der Waals surface area contributed by atoms with Gasteiger partial charge in [0.15, 0.2) is 5.78 Å². The van der Waals surface area contributed by atoms with Gasteiger partial charge in [0.05, 0.1) is 12.2 Å². The number of aromatic hydroxyl groups is 1. The second-order valence-electron chi connectivity index (χ2n) is 3.46. The molecule has 0 unspecified atom stereocenters. The third kappa shape index (κ3) is 1.35. The Morgan fingerprint density at radius 3 is 3.00 bits per heavy atom. The number of Topliss-reactive ketones (excluding diaryl/α,β-unsaturated/α-hetero) is 1. The van der Waals surface area contributed by atoms with Crippen LogP contribution in [0.5, 0.6) is 11.5 Å². The van der Waals surface area contributed by atoms with Gasteiger partial charge in [-0.05, 0) is 25.5 Å². The molecular formula is C11H12O3. The number of hydrogen-bond acceptors (Lipinski definition) is 3. The summed E-state index contributed by atoms with van der Waals surface area (Å²) in [7, 11) is 0. The smallest absolute Gasteiger partial charge is 0.166 e. The van der Waals surface area contributed by atoms with Gasteiger partial charge in [-0.25, -0.2) is 0 Å². The van der Waals surface area contributed by atoms with Crippen molar-refractivity contribution in [2.24, 2.45) is 0 Å². The molecule has 1 N–H and O–H groups in total. The topological polar surface area (TPSA) is 46.5 Å². The van der Waals surface area contributed by atoms with E-state index in [4.69, 9.17) is 4.74 Å². The van der Waals surface area contributed by atoms with E-state index in [-0.39, 0.29) is 11.5 Å². The maximum Gasteiger partial charge on any atom is 0.166 e. The minimum absolute atomic E-state index is 0.0978. The van der Waals surface area contributed by atoms with Gasteiger partial charge in [-0.15, -0.1) is 0 Å². The van der Waals surface area contributed by atoms with E-state index in [1.165, 1.54) is 0 Å². The molecule has 0 spiro atoms. The first-order chi connectivity index (χ1) is 6.70. The summed E-state index contributed by atoms with van der Waals surface area (Å²) < 4.78 is 5.45. The number of benzene rings is 1. The van der Waals surface area contributed by atoms with Crippen molar-refractivity contribution in [3.05, 3.63) is 23.3 Å². The van der Waals surface area contributed by atoms with Crippen LogP contribution in [0.1, 0.15) is 28.8 Å². The van der Waals surface area contributed by atoms with Crippen LogP contribution in [0.15, 0.2) is 12.1 Å². The molecule has 3 nitrogen and oxygen atoms in total. The lowest BCUT2D eigenvalue weighted by atomic mass is 10.0. The van der Waals surface area contributed by atoms with Crippen molar-refractivity contribution in [3.63, 3.8) is 0 Å². The molecule has 3 heteroatoms. The summed E-state index contributed by atoms with van der Waals surface area (Å²) in [4.78, 5) is 11.6.